The van der Waals surface area contributed by atoms with E-state index in [1.165, 1.54) is 0 Å². The smallest absolute Gasteiger partial charge is 0.120 e. The molecule has 0 radical (unpaired) electrons. The highest BCUT2D eigenvalue weighted by molar-refractivity contribution is 7.07. The predicted molar refractivity (Wildman–Crippen MR) is 52.4 cm³/mol. The van der Waals surface area contributed by atoms with Crippen molar-refractivity contribution in [3.8, 4) is 0 Å². The second-order valence-electron chi connectivity index (χ2n) is 2.93. The number of hydrogen-bond acceptors (Lipinski definition) is 3. The molecule has 1 aromatic rings. The lowest BCUT2D eigenvalue weighted by Crippen LogP contribution is -1.84. The highest BCUT2D eigenvalue weighted by Crippen LogP contribution is 1.95. The van der Waals surface area contributed by atoms with Gasteiger partial charge in [-0.25, -0.2) is 0 Å². The van der Waals surface area contributed by atoms with Gasteiger partial charge in [-0.2, -0.15) is 0 Å². The number of carbonyl (C=O) groups is 1. The van der Waals surface area contributed by atoms with Crippen molar-refractivity contribution < 1.29 is 4.79 Å². The van der Waals surface area contributed by atoms with Gasteiger partial charge in [0.25, 0.3) is 0 Å². The normalized spacial score (nSPS) is 9.00. The Bertz CT molecular complexity index is 194. The van der Waals surface area contributed by atoms with E-state index in [4.69, 9.17) is 0 Å². The predicted octanol–water partition coefficient (Wildman–Crippen LogP) is 2.68. The Morgan fingerprint density at radius 2 is 2.33 bits per heavy atom. The lowest BCUT2D eigenvalue weighted by molar-refractivity contribution is -0.108. The fourth-order valence-electron chi connectivity index (χ4n) is 0.465. The van der Waals surface area contributed by atoms with Gasteiger partial charge in [-0.1, -0.05) is 13.8 Å². The molecule has 12 heavy (non-hydrogen) atoms. The molecule has 1 heterocycles. The van der Waals surface area contributed by atoms with Crippen LogP contribution in [0.1, 0.15) is 26.0 Å². The van der Waals surface area contributed by atoms with E-state index in [0.29, 0.717) is 12.3 Å². The average molecular weight is 185 g/mol. The molecule has 0 N–H and O–H groups in total. The van der Waals surface area contributed by atoms with E-state index in [2.05, 4.69) is 4.98 Å². The highest BCUT2D eigenvalue weighted by atomic mass is 32.1. The minimum atomic E-state index is 0.530. The van der Waals surface area contributed by atoms with Crippen molar-refractivity contribution in [2.45, 2.75) is 27.2 Å². The number of thiazole rings is 1. The van der Waals surface area contributed by atoms with Gasteiger partial charge >= 0.3 is 0 Å². The number of carbonyl (C=O) groups excluding carboxylic acids is 1. The summed E-state index contributed by atoms with van der Waals surface area (Å²) >= 11 is 1.63. The van der Waals surface area contributed by atoms with Crippen LogP contribution in [0, 0.1) is 12.8 Å². The molecule has 0 saturated heterocycles. The first kappa shape index (κ1) is 11.3. The van der Waals surface area contributed by atoms with Crippen LogP contribution in [0.2, 0.25) is 0 Å². The Morgan fingerprint density at radius 3 is 2.42 bits per heavy atom. The number of aromatic nitrogens is 1. The Morgan fingerprint density at radius 1 is 1.67 bits per heavy atom. The minimum Gasteiger partial charge on any atom is -0.303 e. The van der Waals surface area contributed by atoms with E-state index in [0.717, 1.165) is 12.0 Å². The molecule has 0 aromatic carbocycles. The molecule has 2 nitrogen and oxygen atoms in total. The Balaban J connectivity index is 0.000000202. The van der Waals surface area contributed by atoms with Crippen LogP contribution in [-0.2, 0) is 4.79 Å². The fraction of sp³-hybridized carbons (Fsp3) is 0.556. The first-order valence-corrected chi connectivity index (χ1v) is 4.89. The molecule has 68 valence electrons. The van der Waals surface area contributed by atoms with Crippen LogP contribution in [0.5, 0.6) is 0 Å². The average Bonchev–Trinajstić information content (AvgIpc) is 2.40. The summed E-state index contributed by atoms with van der Waals surface area (Å²) in [7, 11) is 0. The number of nitrogens with zero attached hydrogens (tertiary/aromatic N) is 1. The van der Waals surface area contributed by atoms with Gasteiger partial charge in [0, 0.05) is 17.5 Å². The van der Waals surface area contributed by atoms with Crippen molar-refractivity contribution in [1.82, 2.24) is 4.98 Å². The fourth-order valence-corrected chi connectivity index (χ4v) is 1.01. The molecule has 0 aliphatic carbocycles. The third kappa shape index (κ3) is 7.41. The SMILES string of the molecule is CC(C)CC=O.Cc1cscn1. The Labute approximate surface area is 77.6 Å². The maximum absolute atomic E-state index is 9.62. The molecule has 1 rings (SSSR count). The van der Waals surface area contributed by atoms with Crippen molar-refractivity contribution in [1.29, 1.82) is 0 Å². The molecular formula is C9H15NOS. The molecule has 0 saturated carbocycles. The first-order valence-electron chi connectivity index (χ1n) is 3.95. The molecule has 3 heteroatoms. The van der Waals surface area contributed by atoms with Gasteiger partial charge in [0.2, 0.25) is 0 Å². The van der Waals surface area contributed by atoms with E-state index in [1.54, 1.807) is 11.3 Å². The van der Waals surface area contributed by atoms with Crippen LogP contribution >= 0.6 is 11.3 Å². The molecule has 0 bridgehead atoms. The quantitative estimate of drug-likeness (QED) is 0.663. The van der Waals surface area contributed by atoms with E-state index >= 15 is 0 Å². The number of aldehydes is 1. The van der Waals surface area contributed by atoms with Gasteiger partial charge in [-0.15, -0.1) is 11.3 Å². The minimum absolute atomic E-state index is 0.530. The second kappa shape index (κ2) is 6.98. The lowest BCUT2D eigenvalue weighted by Gasteiger charge is -1.89. The maximum atomic E-state index is 9.62. The van der Waals surface area contributed by atoms with Crippen LogP contribution in [0.15, 0.2) is 10.9 Å². The largest absolute Gasteiger partial charge is 0.303 e. The van der Waals surface area contributed by atoms with Crippen LogP contribution in [0.4, 0.5) is 0 Å². The summed E-state index contributed by atoms with van der Waals surface area (Å²) in [5.41, 5.74) is 2.94. The van der Waals surface area contributed by atoms with Gasteiger partial charge in [-0.3, -0.25) is 4.98 Å². The third-order valence-corrected chi connectivity index (χ3v) is 1.83. The zero-order chi connectivity index (χ0) is 9.40. The van der Waals surface area contributed by atoms with E-state index < -0.39 is 0 Å². The summed E-state index contributed by atoms with van der Waals surface area (Å²) in [4.78, 5) is 13.6. The molecule has 1 aromatic heterocycles. The molecular weight excluding hydrogens is 170 g/mol. The van der Waals surface area contributed by atoms with Crippen molar-refractivity contribution in [2.75, 3.05) is 0 Å². The summed E-state index contributed by atoms with van der Waals surface area (Å²) in [5, 5.41) is 2.01. The molecule has 0 aliphatic rings. The van der Waals surface area contributed by atoms with Gasteiger partial charge in [0.1, 0.15) is 6.29 Å². The van der Waals surface area contributed by atoms with Crippen LogP contribution < -0.4 is 0 Å². The van der Waals surface area contributed by atoms with Gasteiger partial charge in [0.05, 0.1) is 5.51 Å². The highest BCUT2D eigenvalue weighted by Gasteiger charge is 1.85. The number of hydrogen-bond donors (Lipinski definition) is 0. The molecule has 0 aliphatic heterocycles. The summed E-state index contributed by atoms with van der Waals surface area (Å²) < 4.78 is 0. The zero-order valence-corrected chi connectivity index (χ0v) is 8.60. The monoisotopic (exact) mass is 185 g/mol. The second-order valence-corrected chi connectivity index (χ2v) is 3.64. The summed E-state index contributed by atoms with van der Waals surface area (Å²) in [6.45, 7) is 6.03. The summed E-state index contributed by atoms with van der Waals surface area (Å²) in [6.07, 6.45) is 1.64. The zero-order valence-electron chi connectivity index (χ0n) is 7.78. The standard InChI is InChI=1S/C5H10O.C4H5NS/c1-5(2)3-4-6;1-4-2-6-3-5-4/h4-5H,3H2,1-2H3;2-3H,1H3. The number of rotatable bonds is 2. The first-order chi connectivity index (χ1) is 5.66. The van der Waals surface area contributed by atoms with Crippen molar-refractivity contribution in [3.05, 3.63) is 16.6 Å². The maximum Gasteiger partial charge on any atom is 0.120 e. The third-order valence-electron chi connectivity index (χ3n) is 1.12. The molecule has 0 fully saturated rings. The molecule has 0 amide bonds. The summed E-state index contributed by atoms with van der Waals surface area (Å²) in [5.74, 6) is 0.530. The Hall–Kier alpha value is -0.700. The lowest BCUT2D eigenvalue weighted by atomic mass is 10.2. The molecule has 0 atom stereocenters. The van der Waals surface area contributed by atoms with Crippen molar-refractivity contribution >= 4 is 17.6 Å². The van der Waals surface area contributed by atoms with E-state index in [-0.39, 0.29) is 0 Å². The van der Waals surface area contributed by atoms with Crippen LogP contribution in [-0.4, -0.2) is 11.3 Å². The van der Waals surface area contributed by atoms with Gasteiger partial charge in [-0.05, 0) is 12.8 Å². The van der Waals surface area contributed by atoms with E-state index in [1.807, 2.05) is 31.7 Å². The van der Waals surface area contributed by atoms with Crippen molar-refractivity contribution in [3.63, 3.8) is 0 Å². The summed E-state index contributed by atoms with van der Waals surface area (Å²) in [6, 6.07) is 0. The van der Waals surface area contributed by atoms with Gasteiger partial charge in [0.15, 0.2) is 0 Å². The van der Waals surface area contributed by atoms with Crippen molar-refractivity contribution in [2.24, 2.45) is 5.92 Å². The van der Waals surface area contributed by atoms with Crippen LogP contribution in [0.3, 0.4) is 0 Å². The molecule has 0 unspecified atom stereocenters. The van der Waals surface area contributed by atoms with E-state index in [9.17, 15) is 4.79 Å². The molecule has 0 spiro atoms. The Kier molecular flexibility index (Phi) is 6.57. The number of aryl methyl sites for hydroxylation is 1. The van der Waals surface area contributed by atoms with Gasteiger partial charge < -0.3 is 4.79 Å². The van der Waals surface area contributed by atoms with Crippen LogP contribution in [0.25, 0.3) is 0 Å². The topological polar surface area (TPSA) is 30.0 Å².